The number of carbonyl (C=O) groups is 3. The van der Waals surface area contributed by atoms with Gasteiger partial charge in [-0.2, -0.15) is 0 Å². The minimum Gasteiger partial charge on any atom is -0.497 e. The maximum Gasteiger partial charge on any atom is 0.303 e. The van der Waals surface area contributed by atoms with Crippen LogP contribution in [0.1, 0.15) is 56.1 Å². The summed E-state index contributed by atoms with van der Waals surface area (Å²) >= 11 is 0. The number of ether oxygens (including phenoxy) is 2. The summed E-state index contributed by atoms with van der Waals surface area (Å²) < 4.78 is 11.1. The van der Waals surface area contributed by atoms with Crippen LogP contribution in [0.4, 0.5) is 5.69 Å². The fraction of sp³-hybridized carbons (Fsp3) is 0.414. The zero-order chi connectivity index (χ0) is 27.0. The molecule has 0 fully saturated rings. The summed E-state index contributed by atoms with van der Waals surface area (Å²) in [4.78, 5) is 36.5. The first-order valence-electron chi connectivity index (χ1n) is 12.6. The van der Waals surface area contributed by atoms with Gasteiger partial charge in [-0.05, 0) is 73.6 Å². The van der Waals surface area contributed by atoms with Gasteiger partial charge in [0.05, 0.1) is 13.7 Å². The fourth-order valence-corrected chi connectivity index (χ4v) is 3.56. The molecule has 2 aromatic carbocycles. The Kier molecular flexibility index (Phi) is 12.8. The van der Waals surface area contributed by atoms with Gasteiger partial charge in [-0.15, -0.1) is 0 Å². The average Bonchev–Trinajstić information content (AvgIpc) is 2.87. The highest BCUT2D eigenvalue weighted by Crippen LogP contribution is 2.25. The number of carboxylic acid groups (broad SMARTS) is 1. The third kappa shape index (κ3) is 11.6. The molecule has 0 aliphatic heterocycles. The third-order valence-electron chi connectivity index (χ3n) is 5.69. The molecule has 0 radical (unpaired) electrons. The van der Waals surface area contributed by atoms with Crippen molar-refractivity contribution in [3.8, 4) is 11.5 Å². The maximum absolute atomic E-state index is 12.3. The highest BCUT2D eigenvalue weighted by Gasteiger charge is 2.11. The molecule has 8 heteroatoms. The molecular weight excluding hydrogens is 472 g/mol. The van der Waals surface area contributed by atoms with Crippen molar-refractivity contribution in [2.75, 3.05) is 33.1 Å². The van der Waals surface area contributed by atoms with Crippen LogP contribution in [0.15, 0.2) is 48.5 Å². The number of nitrogens with one attached hydrogen (secondary N) is 1. The van der Waals surface area contributed by atoms with Crippen molar-refractivity contribution in [2.24, 2.45) is 0 Å². The van der Waals surface area contributed by atoms with Crippen molar-refractivity contribution in [1.29, 1.82) is 0 Å². The van der Waals surface area contributed by atoms with Gasteiger partial charge >= 0.3 is 5.97 Å². The number of benzene rings is 2. The standard InChI is InChI=1S/C29H38N2O6/c1-31(2)28(33)11-8-10-27(32)30-24-15-18-26(23(21-24)14-19-29(34)35)37-20-7-5-4-6-9-22-12-16-25(36-3)17-13-22/h6,9,12-13,15-18,21H,4-5,7-8,10-11,14,19-20H2,1-3H3,(H,30,32)(H,34,35)/b9-6+. The van der Waals surface area contributed by atoms with Crippen LogP contribution in [0, 0.1) is 0 Å². The summed E-state index contributed by atoms with van der Waals surface area (Å²) in [5, 5.41) is 11.9. The van der Waals surface area contributed by atoms with Gasteiger partial charge in [0, 0.05) is 39.0 Å². The Morgan fingerprint density at radius 1 is 0.973 bits per heavy atom. The highest BCUT2D eigenvalue weighted by atomic mass is 16.5. The van der Waals surface area contributed by atoms with Gasteiger partial charge in [-0.3, -0.25) is 14.4 Å². The van der Waals surface area contributed by atoms with E-state index in [1.165, 1.54) is 4.90 Å². The number of hydrogen-bond donors (Lipinski definition) is 2. The van der Waals surface area contributed by atoms with E-state index in [4.69, 9.17) is 14.6 Å². The van der Waals surface area contributed by atoms with E-state index in [0.717, 1.165) is 36.1 Å². The molecule has 200 valence electrons. The lowest BCUT2D eigenvalue weighted by Gasteiger charge is -2.14. The van der Waals surface area contributed by atoms with Crippen molar-refractivity contribution < 1.29 is 29.0 Å². The van der Waals surface area contributed by atoms with E-state index in [1.54, 1.807) is 39.4 Å². The second-order valence-corrected chi connectivity index (χ2v) is 8.93. The number of amides is 2. The summed E-state index contributed by atoms with van der Waals surface area (Å²) in [7, 11) is 5.02. The average molecular weight is 511 g/mol. The van der Waals surface area contributed by atoms with Crippen LogP contribution >= 0.6 is 0 Å². The van der Waals surface area contributed by atoms with E-state index in [1.807, 2.05) is 24.3 Å². The first-order chi connectivity index (χ1) is 17.8. The zero-order valence-corrected chi connectivity index (χ0v) is 22.0. The zero-order valence-electron chi connectivity index (χ0n) is 22.0. The number of aryl methyl sites for hydroxylation is 1. The van der Waals surface area contributed by atoms with Gasteiger partial charge in [0.1, 0.15) is 11.5 Å². The highest BCUT2D eigenvalue weighted by molar-refractivity contribution is 5.91. The largest absolute Gasteiger partial charge is 0.497 e. The van der Waals surface area contributed by atoms with E-state index in [9.17, 15) is 14.4 Å². The predicted molar refractivity (Wildman–Crippen MR) is 145 cm³/mol. The molecule has 0 aliphatic rings. The Hall–Kier alpha value is -3.81. The number of aliphatic carboxylic acids is 1. The minimum atomic E-state index is -0.894. The number of anilines is 1. The number of hydrogen-bond acceptors (Lipinski definition) is 5. The molecule has 37 heavy (non-hydrogen) atoms. The quantitative estimate of drug-likeness (QED) is 0.302. The summed E-state index contributed by atoms with van der Waals surface area (Å²) in [6, 6.07) is 13.2. The lowest BCUT2D eigenvalue weighted by molar-refractivity contribution is -0.137. The Labute approximate surface area is 219 Å². The molecule has 0 atom stereocenters. The first kappa shape index (κ1) is 29.4. The van der Waals surface area contributed by atoms with Gasteiger partial charge in [0.15, 0.2) is 0 Å². The minimum absolute atomic E-state index is 0.0153. The van der Waals surface area contributed by atoms with Crippen LogP contribution in [0.5, 0.6) is 11.5 Å². The monoisotopic (exact) mass is 510 g/mol. The lowest BCUT2D eigenvalue weighted by Crippen LogP contribution is -2.21. The maximum atomic E-state index is 12.3. The fourth-order valence-electron chi connectivity index (χ4n) is 3.56. The lowest BCUT2D eigenvalue weighted by atomic mass is 10.1. The summed E-state index contributed by atoms with van der Waals surface area (Å²) in [5.41, 5.74) is 2.44. The van der Waals surface area contributed by atoms with E-state index in [-0.39, 0.29) is 24.7 Å². The second-order valence-electron chi connectivity index (χ2n) is 8.93. The molecule has 0 saturated heterocycles. The Morgan fingerprint density at radius 3 is 2.41 bits per heavy atom. The Balaban J connectivity index is 1.82. The van der Waals surface area contributed by atoms with Gasteiger partial charge in [0.25, 0.3) is 0 Å². The van der Waals surface area contributed by atoms with Gasteiger partial charge in [-0.25, -0.2) is 0 Å². The smallest absolute Gasteiger partial charge is 0.303 e. The van der Waals surface area contributed by atoms with E-state index < -0.39 is 5.97 Å². The number of rotatable bonds is 16. The molecule has 2 amide bonds. The second kappa shape index (κ2) is 16.0. The number of nitrogens with zero attached hydrogens (tertiary/aromatic N) is 1. The molecular formula is C29H38N2O6. The molecule has 0 saturated carbocycles. The number of carbonyl (C=O) groups excluding carboxylic acids is 2. The van der Waals surface area contributed by atoms with Crippen LogP contribution in [-0.4, -0.2) is 55.6 Å². The number of methoxy groups -OCH3 is 1. The van der Waals surface area contributed by atoms with Crippen molar-refractivity contribution in [3.05, 3.63) is 59.7 Å². The topological polar surface area (TPSA) is 105 Å². The van der Waals surface area contributed by atoms with Crippen LogP contribution in [0.3, 0.4) is 0 Å². The van der Waals surface area contributed by atoms with Crippen LogP contribution in [0.25, 0.3) is 6.08 Å². The van der Waals surface area contributed by atoms with Crippen LogP contribution < -0.4 is 14.8 Å². The SMILES string of the molecule is COc1ccc(/C=C/CCCCOc2ccc(NC(=O)CCCC(=O)N(C)C)cc2CCC(=O)O)cc1. The number of unbranched alkanes of at least 4 members (excludes halogenated alkanes) is 2. The van der Waals surface area contributed by atoms with Gasteiger partial charge < -0.3 is 24.8 Å². The van der Waals surface area contributed by atoms with Crippen LogP contribution in [0.2, 0.25) is 0 Å². The molecule has 2 rings (SSSR count). The number of allylic oxidation sites excluding steroid dienone is 1. The van der Waals surface area contributed by atoms with E-state index in [2.05, 4.69) is 17.5 Å². The predicted octanol–water partition coefficient (Wildman–Crippen LogP) is 5.17. The Bertz CT molecular complexity index is 1050. The van der Waals surface area contributed by atoms with E-state index >= 15 is 0 Å². The third-order valence-corrected chi connectivity index (χ3v) is 5.69. The summed E-state index contributed by atoms with van der Waals surface area (Å²) in [6.45, 7) is 0.516. The van der Waals surface area contributed by atoms with Crippen molar-refractivity contribution in [2.45, 2.75) is 51.4 Å². The van der Waals surface area contributed by atoms with E-state index in [0.29, 0.717) is 37.3 Å². The molecule has 0 bridgehead atoms. The molecule has 8 nitrogen and oxygen atoms in total. The van der Waals surface area contributed by atoms with Crippen molar-refractivity contribution >= 4 is 29.5 Å². The summed E-state index contributed by atoms with van der Waals surface area (Å²) in [6.07, 6.45) is 8.23. The molecule has 0 aromatic heterocycles. The molecule has 2 N–H and O–H groups in total. The molecule has 0 unspecified atom stereocenters. The normalized spacial score (nSPS) is 10.8. The van der Waals surface area contributed by atoms with Crippen molar-refractivity contribution in [1.82, 2.24) is 4.90 Å². The number of carboxylic acids is 1. The summed E-state index contributed by atoms with van der Waals surface area (Å²) in [5.74, 6) is 0.366. The first-order valence-corrected chi connectivity index (χ1v) is 12.6. The Morgan fingerprint density at radius 2 is 1.73 bits per heavy atom. The van der Waals surface area contributed by atoms with Crippen LogP contribution in [-0.2, 0) is 20.8 Å². The molecule has 2 aromatic rings. The molecule has 0 spiro atoms. The van der Waals surface area contributed by atoms with Gasteiger partial charge in [-0.1, -0.05) is 24.3 Å². The van der Waals surface area contributed by atoms with Crippen molar-refractivity contribution in [3.63, 3.8) is 0 Å². The van der Waals surface area contributed by atoms with Gasteiger partial charge in [0.2, 0.25) is 11.8 Å². The molecule has 0 heterocycles. The molecule has 0 aliphatic carbocycles.